The number of fused-ring (bicyclic) bond motifs is 3. The SMILES string of the molecule is CCn1nc2c(c1C)C(O)(CCCN(C)C)c1ccccc1-2. The summed E-state index contributed by atoms with van der Waals surface area (Å²) in [4.78, 5) is 2.16. The Bertz CT molecular complexity index is 690. The second-order valence-corrected chi connectivity index (χ2v) is 6.44. The Morgan fingerprint density at radius 1 is 1.27 bits per heavy atom. The molecule has 2 aromatic rings. The highest BCUT2D eigenvalue weighted by Gasteiger charge is 2.44. The molecule has 1 N–H and O–H groups in total. The lowest BCUT2D eigenvalue weighted by molar-refractivity contribution is 0.0703. The van der Waals surface area contributed by atoms with Crippen LogP contribution in [0.2, 0.25) is 0 Å². The zero-order valence-corrected chi connectivity index (χ0v) is 13.9. The van der Waals surface area contributed by atoms with Gasteiger partial charge in [-0.25, -0.2) is 0 Å². The molecule has 0 saturated carbocycles. The number of benzene rings is 1. The molecule has 0 fully saturated rings. The molecule has 1 aliphatic carbocycles. The van der Waals surface area contributed by atoms with E-state index in [1.54, 1.807) is 0 Å². The van der Waals surface area contributed by atoms with Gasteiger partial charge in [-0.2, -0.15) is 5.10 Å². The van der Waals surface area contributed by atoms with Crippen molar-refractivity contribution in [2.24, 2.45) is 0 Å². The minimum Gasteiger partial charge on any atom is -0.380 e. The van der Waals surface area contributed by atoms with Crippen LogP contribution in [0, 0.1) is 6.92 Å². The van der Waals surface area contributed by atoms with Gasteiger partial charge in [0.2, 0.25) is 0 Å². The highest BCUT2D eigenvalue weighted by Crippen LogP contribution is 2.50. The highest BCUT2D eigenvalue weighted by atomic mass is 16.3. The number of hydrogen-bond acceptors (Lipinski definition) is 3. The lowest BCUT2D eigenvalue weighted by Crippen LogP contribution is -2.27. The van der Waals surface area contributed by atoms with Crippen molar-refractivity contribution in [1.29, 1.82) is 0 Å². The molecule has 0 spiro atoms. The van der Waals surface area contributed by atoms with Crippen molar-refractivity contribution in [1.82, 2.24) is 14.7 Å². The molecule has 22 heavy (non-hydrogen) atoms. The molecule has 0 aliphatic heterocycles. The molecule has 1 atom stereocenters. The minimum absolute atomic E-state index is 0.728. The standard InChI is InChI=1S/C18H25N3O/c1-5-21-13(2)16-17(19-21)14-9-6-7-10-15(14)18(16,22)11-8-12-20(3)4/h6-7,9-10,22H,5,8,11-12H2,1-4H3. The average molecular weight is 299 g/mol. The Labute approximate surface area is 132 Å². The van der Waals surface area contributed by atoms with Crippen molar-refractivity contribution in [2.45, 2.75) is 38.8 Å². The maximum Gasteiger partial charge on any atom is 0.119 e. The molecule has 118 valence electrons. The number of rotatable bonds is 5. The molecule has 0 amide bonds. The minimum atomic E-state index is -0.903. The Balaban J connectivity index is 2.08. The van der Waals surface area contributed by atoms with Gasteiger partial charge in [0.15, 0.2) is 0 Å². The number of aromatic nitrogens is 2. The van der Waals surface area contributed by atoms with Crippen LogP contribution in [-0.4, -0.2) is 40.4 Å². The fourth-order valence-electron chi connectivity index (χ4n) is 3.63. The molecule has 3 rings (SSSR count). The van der Waals surface area contributed by atoms with Crippen LogP contribution in [0.3, 0.4) is 0 Å². The first-order valence-electron chi connectivity index (χ1n) is 8.04. The van der Waals surface area contributed by atoms with E-state index in [1.165, 1.54) is 0 Å². The van der Waals surface area contributed by atoms with Crippen LogP contribution in [0.1, 0.15) is 36.6 Å². The summed E-state index contributed by atoms with van der Waals surface area (Å²) in [5.41, 5.74) is 4.25. The summed E-state index contributed by atoms with van der Waals surface area (Å²) in [5.74, 6) is 0. The highest BCUT2D eigenvalue weighted by molar-refractivity contribution is 5.78. The monoisotopic (exact) mass is 299 g/mol. The van der Waals surface area contributed by atoms with Gasteiger partial charge in [-0.15, -0.1) is 0 Å². The predicted octanol–water partition coefficient (Wildman–Crippen LogP) is 2.77. The Kier molecular flexibility index (Phi) is 3.83. The van der Waals surface area contributed by atoms with Crippen LogP contribution >= 0.6 is 0 Å². The quantitative estimate of drug-likeness (QED) is 0.923. The number of aryl methyl sites for hydroxylation is 1. The first-order chi connectivity index (χ1) is 10.5. The summed E-state index contributed by atoms with van der Waals surface area (Å²) in [5, 5.41) is 16.3. The number of hydrogen-bond donors (Lipinski definition) is 1. The Morgan fingerprint density at radius 3 is 2.68 bits per heavy atom. The van der Waals surface area contributed by atoms with E-state index in [1.807, 2.05) is 22.9 Å². The van der Waals surface area contributed by atoms with Crippen molar-refractivity contribution in [3.63, 3.8) is 0 Å². The lowest BCUT2D eigenvalue weighted by Gasteiger charge is -2.27. The van der Waals surface area contributed by atoms with Gasteiger partial charge >= 0.3 is 0 Å². The van der Waals surface area contributed by atoms with E-state index in [2.05, 4.69) is 38.9 Å². The first kappa shape index (κ1) is 15.3. The van der Waals surface area contributed by atoms with E-state index in [-0.39, 0.29) is 0 Å². The second kappa shape index (κ2) is 5.52. The van der Waals surface area contributed by atoms with E-state index < -0.39 is 5.60 Å². The predicted molar refractivity (Wildman–Crippen MR) is 88.9 cm³/mol. The molecule has 1 aromatic carbocycles. The third kappa shape index (κ3) is 2.18. The fourth-order valence-corrected chi connectivity index (χ4v) is 3.63. The maximum atomic E-state index is 11.5. The van der Waals surface area contributed by atoms with Gasteiger partial charge in [-0.1, -0.05) is 24.3 Å². The van der Waals surface area contributed by atoms with Crippen LogP contribution in [0.15, 0.2) is 24.3 Å². The van der Waals surface area contributed by atoms with Gasteiger partial charge in [0, 0.05) is 23.4 Å². The van der Waals surface area contributed by atoms with Crippen LogP contribution < -0.4 is 0 Å². The van der Waals surface area contributed by atoms with Crippen LogP contribution in [0.25, 0.3) is 11.3 Å². The van der Waals surface area contributed by atoms with Gasteiger partial charge < -0.3 is 10.0 Å². The topological polar surface area (TPSA) is 41.3 Å². The Hall–Kier alpha value is -1.65. The molecule has 0 radical (unpaired) electrons. The second-order valence-electron chi connectivity index (χ2n) is 6.44. The summed E-state index contributed by atoms with van der Waals surface area (Å²) in [6.45, 7) is 5.96. The summed E-state index contributed by atoms with van der Waals surface area (Å²) in [7, 11) is 4.14. The molecular weight excluding hydrogens is 274 g/mol. The van der Waals surface area contributed by atoms with Crippen molar-refractivity contribution in [3.05, 3.63) is 41.1 Å². The maximum absolute atomic E-state index is 11.5. The van der Waals surface area contributed by atoms with Gasteiger partial charge in [0.05, 0.1) is 5.69 Å². The zero-order chi connectivity index (χ0) is 15.9. The molecule has 0 saturated heterocycles. The normalized spacial score (nSPS) is 19.5. The van der Waals surface area contributed by atoms with Crippen molar-refractivity contribution >= 4 is 0 Å². The summed E-state index contributed by atoms with van der Waals surface area (Å²) >= 11 is 0. The molecule has 0 bridgehead atoms. The Morgan fingerprint density at radius 2 is 2.00 bits per heavy atom. The van der Waals surface area contributed by atoms with Crippen LogP contribution in [0.4, 0.5) is 0 Å². The van der Waals surface area contributed by atoms with Crippen molar-refractivity contribution < 1.29 is 5.11 Å². The van der Waals surface area contributed by atoms with Crippen LogP contribution in [-0.2, 0) is 12.1 Å². The smallest absolute Gasteiger partial charge is 0.119 e. The summed E-state index contributed by atoms with van der Waals surface area (Å²) in [6.07, 6.45) is 1.68. The first-order valence-corrected chi connectivity index (χ1v) is 8.04. The molecule has 1 unspecified atom stereocenters. The number of aliphatic hydroxyl groups is 1. The molecule has 4 heteroatoms. The molecule has 4 nitrogen and oxygen atoms in total. The lowest BCUT2D eigenvalue weighted by atomic mass is 9.86. The van der Waals surface area contributed by atoms with Gasteiger partial charge in [0.1, 0.15) is 5.60 Å². The summed E-state index contributed by atoms with van der Waals surface area (Å²) < 4.78 is 2.00. The third-order valence-corrected chi connectivity index (χ3v) is 4.69. The average Bonchev–Trinajstić information content (AvgIpc) is 2.95. The fraction of sp³-hybridized carbons (Fsp3) is 0.500. The van der Waals surface area contributed by atoms with E-state index >= 15 is 0 Å². The number of nitrogens with zero attached hydrogens (tertiary/aromatic N) is 3. The van der Waals surface area contributed by atoms with E-state index in [0.717, 1.165) is 54.0 Å². The van der Waals surface area contributed by atoms with Crippen molar-refractivity contribution in [3.8, 4) is 11.3 Å². The molecule has 1 aliphatic rings. The van der Waals surface area contributed by atoms with E-state index in [4.69, 9.17) is 5.10 Å². The van der Waals surface area contributed by atoms with E-state index in [9.17, 15) is 5.11 Å². The van der Waals surface area contributed by atoms with Gasteiger partial charge in [0.25, 0.3) is 0 Å². The van der Waals surface area contributed by atoms with Crippen LogP contribution in [0.5, 0.6) is 0 Å². The van der Waals surface area contributed by atoms with E-state index in [0.29, 0.717) is 0 Å². The molecule has 1 heterocycles. The van der Waals surface area contributed by atoms with Gasteiger partial charge in [-0.3, -0.25) is 4.68 Å². The van der Waals surface area contributed by atoms with Gasteiger partial charge in [-0.05, 0) is 52.9 Å². The molecule has 1 aromatic heterocycles. The molecular formula is C18H25N3O. The largest absolute Gasteiger partial charge is 0.380 e. The third-order valence-electron chi connectivity index (χ3n) is 4.69. The summed E-state index contributed by atoms with van der Waals surface area (Å²) in [6, 6.07) is 8.15. The van der Waals surface area contributed by atoms with Crippen molar-refractivity contribution in [2.75, 3.05) is 20.6 Å². The zero-order valence-electron chi connectivity index (χ0n) is 13.9.